The lowest BCUT2D eigenvalue weighted by molar-refractivity contribution is -0.120. The van der Waals surface area contributed by atoms with E-state index in [1.807, 2.05) is 0 Å². The highest BCUT2D eigenvalue weighted by Crippen LogP contribution is 2.27. The highest BCUT2D eigenvalue weighted by atomic mass is 19.1. The highest BCUT2D eigenvalue weighted by molar-refractivity contribution is 6.01. The summed E-state index contributed by atoms with van der Waals surface area (Å²) in [6.07, 6.45) is 0.219. The number of carbonyl (C=O) groups is 2. The van der Waals surface area contributed by atoms with Gasteiger partial charge in [0, 0.05) is 36.5 Å². The number of amides is 2. The molecule has 0 saturated heterocycles. The monoisotopic (exact) mass is 340 g/mol. The van der Waals surface area contributed by atoms with Crippen molar-refractivity contribution < 1.29 is 14.0 Å². The molecule has 0 saturated carbocycles. The van der Waals surface area contributed by atoms with Gasteiger partial charge in [0.15, 0.2) is 0 Å². The van der Waals surface area contributed by atoms with E-state index in [2.05, 4.69) is 20.8 Å². The number of carbonyl (C=O) groups excluding carboxylic acids is 2. The lowest BCUT2D eigenvalue weighted by atomic mass is 10.1. The molecule has 7 heteroatoms. The number of fused-ring (bicyclic) bond motifs is 1. The lowest BCUT2D eigenvalue weighted by Crippen LogP contribution is -2.29. The van der Waals surface area contributed by atoms with Crippen molar-refractivity contribution in [2.45, 2.75) is 6.42 Å². The average molecular weight is 340 g/mol. The molecule has 3 N–H and O–H groups in total. The number of aromatic nitrogens is 2. The summed E-state index contributed by atoms with van der Waals surface area (Å²) in [6, 6.07) is 11.2. The molecular formula is C18H17FN4O2. The third kappa shape index (κ3) is 3.65. The number of H-pyrrole nitrogens is 1. The second kappa shape index (κ2) is 7.12. The summed E-state index contributed by atoms with van der Waals surface area (Å²) in [6.45, 7) is 0.257. The van der Waals surface area contributed by atoms with Gasteiger partial charge in [-0.2, -0.15) is 5.10 Å². The lowest BCUT2D eigenvalue weighted by Gasteiger charge is -2.05. The first-order chi connectivity index (χ1) is 12.1. The van der Waals surface area contributed by atoms with Crippen LogP contribution < -0.4 is 10.6 Å². The zero-order chi connectivity index (χ0) is 17.8. The van der Waals surface area contributed by atoms with Crippen molar-refractivity contribution in [1.82, 2.24) is 20.8 Å². The minimum Gasteiger partial charge on any atom is -0.359 e. The van der Waals surface area contributed by atoms with Gasteiger partial charge in [0.05, 0.1) is 11.2 Å². The van der Waals surface area contributed by atoms with Gasteiger partial charge in [-0.15, -0.1) is 0 Å². The van der Waals surface area contributed by atoms with Crippen molar-refractivity contribution in [1.29, 1.82) is 0 Å². The van der Waals surface area contributed by atoms with Crippen molar-refractivity contribution in [2.24, 2.45) is 0 Å². The molecule has 25 heavy (non-hydrogen) atoms. The van der Waals surface area contributed by atoms with Crippen molar-refractivity contribution >= 4 is 22.7 Å². The zero-order valence-corrected chi connectivity index (χ0v) is 13.6. The molecule has 1 aromatic heterocycles. The Labute approximate surface area is 143 Å². The first-order valence-electron chi connectivity index (χ1n) is 7.81. The maximum absolute atomic E-state index is 13.1. The van der Waals surface area contributed by atoms with Crippen LogP contribution in [0.25, 0.3) is 22.2 Å². The van der Waals surface area contributed by atoms with Crippen LogP contribution in [0.5, 0.6) is 0 Å². The standard InChI is InChI=1S/C18H17FN4O2/c1-20-16(24)8-9-21-18(25)12-4-7-15-14(10-12)17(23-22-15)11-2-5-13(19)6-3-11/h2-7,10H,8-9H2,1H3,(H,20,24)(H,21,25)(H,22,23). The van der Waals surface area contributed by atoms with E-state index in [9.17, 15) is 14.0 Å². The Morgan fingerprint density at radius 1 is 1.16 bits per heavy atom. The van der Waals surface area contributed by atoms with Gasteiger partial charge in [-0.1, -0.05) is 0 Å². The van der Waals surface area contributed by atoms with Crippen molar-refractivity contribution in [3.8, 4) is 11.3 Å². The molecule has 3 rings (SSSR count). The summed E-state index contributed by atoms with van der Waals surface area (Å²) in [5.74, 6) is -0.721. The number of halogens is 1. The van der Waals surface area contributed by atoms with Gasteiger partial charge in [-0.3, -0.25) is 14.7 Å². The fourth-order valence-electron chi connectivity index (χ4n) is 2.50. The molecule has 2 amide bonds. The molecule has 0 aliphatic rings. The highest BCUT2D eigenvalue weighted by Gasteiger charge is 2.12. The van der Waals surface area contributed by atoms with Crippen molar-refractivity contribution in [2.75, 3.05) is 13.6 Å². The third-order valence-electron chi connectivity index (χ3n) is 3.86. The minimum atomic E-state index is -0.320. The molecule has 0 radical (unpaired) electrons. The minimum absolute atomic E-state index is 0.135. The Kier molecular flexibility index (Phi) is 4.74. The van der Waals surface area contributed by atoms with Crippen LogP contribution in [-0.4, -0.2) is 35.6 Å². The van der Waals surface area contributed by atoms with Gasteiger partial charge < -0.3 is 10.6 Å². The number of nitrogens with zero attached hydrogens (tertiary/aromatic N) is 1. The average Bonchev–Trinajstić information content (AvgIpc) is 3.05. The molecule has 0 atom stereocenters. The van der Waals surface area contributed by atoms with E-state index in [0.29, 0.717) is 11.3 Å². The summed E-state index contributed by atoms with van der Waals surface area (Å²) in [4.78, 5) is 23.4. The Bertz CT molecular complexity index is 918. The van der Waals surface area contributed by atoms with E-state index in [0.717, 1.165) is 16.5 Å². The first-order valence-corrected chi connectivity index (χ1v) is 7.81. The molecule has 0 aliphatic heterocycles. The van der Waals surface area contributed by atoms with E-state index in [-0.39, 0.29) is 30.6 Å². The number of aromatic amines is 1. The molecule has 0 bridgehead atoms. The van der Waals surface area contributed by atoms with E-state index < -0.39 is 0 Å². The van der Waals surface area contributed by atoms with Crippen molar-refractivity contribution in [3.63, 3.8) is 0 Å². The van der Waals surface area contributed by atoms with Gasteiger partial charge in [-0.05, 0) is 42.5 Å². The van der Waals surface area contributed by atoms with Crippen LogP contribution in [-0.2, 0) is 4.79 Å². The van der Waals surface area contributed by atoms with Crippen LogP contribution in [0.3, 0.4) is 0 Å². The Morgan fingerprint density at radius 2 is 1.92 bits per heavy atom. The quantitative estimate of drug-likeness (QED) is 0.666. The Balaban J connectivity index is 1.84. The molecule has 0 aliphatic carbocycles. The van der Waals surface area contributed by atoms with E-state index in [4.69, 9.17) is 0 Å². The largest absolute Gasteiger partial charge is 0.359 e. The number of benzene rings is 2. The molecule has 2 aromatic carbocycles. The number of nitrogens with one attached hydrogen (secondary N) is 3. The fourth-order valence-corrected chi connectivity index (χ4v) is 2.50. The summed E-state index contributed by atoms with van der Waals surface area (Å²) in [7, 11) is 1.55. The van der Waals surface area contributed by atoms with Crippen LogP contribution in [0, 0.1) is 5.82 Å². The summed E-state index contributed by atoms with van der Waals surface area (Å²) in [5.41, 5.74) is 2.65. The maximum Gasteiger partial charge on any atom is 0.251 e. The van der Waals surface area contributed by atoms with Crippen LogP contribution in [0.2, 0.25) is 0 Å². The second-order valence-electron chi connectivity index (χ2n) is 5.52. The normalized spacial score (nSPS) is 10.6. The fraction of sp³-hybridized carbons (Fsp3) is 0.167. The smallest absolute Gasteiger partial charge is 0.251 e. The topological polar surface area (TPSA) is 86.9 Å². The summed E-state index contributed by atoms with van der Waals surface area (Å²) >= 11 is 0. The van der Waals surface area contributed by atoms with Gasteiger partial charge >= 0.3 is 0 Å². The van der Waals surface area contributed by atoms with E-state index >= 15 is 0 Å². The van der Waals surface area contributed by atoms with Crippen LogP contribution in [0.15, 0.2) is 42.5 Å². The van der Waals surface area contributed by atoms with Crippen molar-refractivity contribution in [3.05, 3.63) is 53.8 Å². The second-order valence-corrected chi connectivity index (χ2v) is 5.52. The molecular weight excluding hydrogens is 323 g/mol. The maximum atomic E-state index is 13.1. The van der Waals surface area contributed by atoms with E-state index in [1.54, 1.807) is 37.4 Å². The van der Waals surface area contributed by atoms with Crippen LogP contribution in [0.4, 0.5) is 4.39 Å². The van der Waals surface area contributed by atoms with Crippen LogP contribution >= 0.6 is 0 Å². The van der Waals surface area contributed by atoms with Crippen LogP contribution in [0.1, 0.15) is 16.8 Å². The molecule has 0 fully saturated rings. The van der Waals surface area contributed by atoms with Gasteiger partial charge in [0.1, 0.15) is 5.82 Å². The zero-order valence-electron chi connectivity index (χ0n) is 13.6. The first kappa shape index (κ1) is 16.6. The van der Waals surface area contributed by atoms with Gasteiger partial charge in [0.2, 0.25) is 5.91 Å². The van der Waals surface area contributed by atoms with Gasteiger partial charge in [0.25, 0.3) is 5.91 Å². The van der Waals surface area contributed by atoms with Gasteiger partial charge in [-0.25, -0.2) is 4.39 Å². The predicted octanol–water partition coefficient (Wildman–Crippen LogP) is 2.23. The molecule has 128 valence electrons. The SMILES string of the molecule is CNC(=O)CCNC(=O)c1ccc2[nH]nc(-c3ccc(F)cc3)c2c1. The molecule has 1 heterocycles. The summed E-state index contributed by atoms with van der Waals surface area (Å²) in [5, 5.41) is 13.1. The Hall–Kier alpha value is -3.22. The third-order valence-corrected chi connectivity index (χ3v) is 3.86. The molecule has 6 nitrogen and oxygen atoms in total. The number of rotatable bonds is 5. The Morgan fingerprint density at radius 3 is 2.64 bits per heavy atom. The number of hydrogen-bond acceptors (Lipinski definition) is 3. The number of hydrogen-bond donors (Lipinski definition) is 3. The predicted molar refractivity (Wildman–Crippen MR) is 92.5 cm³/mol. The van der Waals surface area contributed by atoms with E-state index in [1.165, 1.54) is 12.1 Å². The molecule has 0 spiro atoms. The molecule has 0 unspecified atom stereocenters. The summed E-state index contributed by atoms with van der Waals surface area (Å²) < 4.78 is 13.1. The molecule has 3 aromatic rings.